The van der Waals surface area contributed by atoms with Gasteiger partial charge in [0.25, 0.3) is 5.91 Å². The van der Waals surface area contributed by atoms with Crippen LogP contribution >= 0.6 is 0 Å². The molecule has 1 atom stereocenters. The second-order valence-electron chi connectivity index (χ2n) is 7.87. The molecule has 3 aromatic rings. The van der Waals surface area contributed by atoms with Gasteiger partial charge in [-0.25, -0.2) is 9.78 Å². The number of imidazole rings is 1. The van der Waals surface area contributed by atoms with Gasteiger partial charge in [-0.2, -0.15) is 13.2 Å². The molecule has 0 saturated heterocycles. The fraction of sp³-hybridized carbons (Fsp3) is 0.292. The number of carbonyl (C=O) groups is 2. The lowest BCUT2D eigenvalue weighted by Crippen LogP contribution is -2.49. The van der Waals surface area contributed by atoms with Crippen molar-refractivity contribution in [1.29, 1.82) is 0 Å². The first kappa shape index (κ1) is 23.3. The quantitative estimate of drug-likeness (QED) is 0.529. The van der Waals surface area contributed by atoms with Gasteiger partial charge in [-0.1, -0.05) is 12.1 Å². The molecule has 2 aromatic carbocycles. The third-order valence-electron chi connectivity index (χ3n) is 5.82. The number of nitrogens with zero attached hydrogens (tertiary/aromatic N) is 3. The molecular weight excluding hydrogens is 451 g/mol. The number of carbonyl (C=O) groups excluding carboxylic acids is 2. The van der Waals surface area contributed by atoms with E-state index >= 15 is 0 Å². The zero-order valence-electron chi connectivity index (χ0n) is 18.5. The molecule has 0 bridgehead atoms. The summed E-state index contributed by atoms with van der Waals surface area (Å²) in [6, 6.07) is 10.5. The van der Waals surface area contributed by atoms with Gasteiger partial charge in [0.2, 0.25) is 0 Å². The van der Waals surface area contributed by atoms with Crippen molar-refractivity contribution in [2.45, 2.75) is 31.7 Å². The minimum absolute atomic E-state index is 0.0478. The summed E-state index contributed by atoms with van der Waals surface area (Å²) in [5.41, 5.74) is 1.59. The van der Waals surface area contributed by atoms with Gasteiger partial charge in [0.05, 0.1) is 44.0 Å². The Labute approximate surface area is 193 Å². The summed E-state index contributed by atoms with van der Waals surface area (Å²) >= 11 is 0. The molecule has 1 amide bonds. The zero-order chi connectivity index (χ0) is 24.5. The second-order valence-corrected chi connectivity index (χ2v) is 7.87. The summed E-state index contributed by atoms with van der Waals surface area (Å²) < 4.78 is 50.7. The van der Waals surface area contributed by atoms with Gasteiger partial charge in [-0.15, -0.1) is 0 Å². The van der Waals surface area contributed by atoms with Crippen molar-refractivity contribution >= 4 is 11.9 Å². The lowest BCUT2D eigenvalue weighted by Gasteiger charge is -2.34. The van der Waals surface area contributed by atoms with Crippen LogP contribution < -0.4 is 4.74 Å². The number of benzene rings is 2. The molecule has 1 aliphatic heterocycles. The van der Waals surface area contributed by atoms with Crippen molar-refractivity contribution in [3.05, 3.63) is 82.9 Å². The molecule has 34 heavy (non-hydrogen) atoms. The minimum atomic E-state index is -4.51. The molecule has 0 spiro atoms. The van der Waals surface area contributed by atoms with E-state index in [1.165, 1.54) is 12.0 Å². The molecule has 0 saturated carbocycles. The van der Waals surface area contributed by atoms with E-state index in [4.69, 9.17) is 9.47 Å². The van der Waals surface area contributed by atoms with Crippen LogP contribution in [0.1, 0.15) is 32.9 Å². The number of methoxy groups -OCH3 is 2. The molecule has 7 nitrogen and oxygen atoms in total. The highest BCUT2D eigenvalue weighted by molar-refractivity contribution is 5.97. The van der Waals surface area contributed by atoms with Crippen LogP contribution in [0.4, 0.5) is 13.2 Å². The number of ether oxygens (including phenoxy) is 2. The Morgan fingerprint density at radius 3 is 2.32 bits per heavy atom. The number of amides is 1. The predicted octanol–water partition coefficient (Wildman–Crippen LogP) is 3.70. The van der Waals surface area contributed by atoms with E-state index in [9.17, 15) is 22.8 Å². The van der Waals surface area contributed by atoms with Crippen LogP contribution in [0.25, 0.3) is 0 Å². The summed E-state index contributed by atoms with van der Waals surface area (Å²) in [7, 11) is 2.81. The van der Waals surface area contributed by atoms with Gasteiger partial charge < -0.3 is 18.9 Å². The van der Waals surface area contributed by atoms with Crippen molar-refractivity contribution in [1.82, 2.24) is 14.5 Å². The number of esters is 1. The molecular formula is C24H22F3N3O4. The number of fused-ring (bicyclic) bond motifs is 1. The topological polar surface area (TPSA) is 73.7 Å². The standard InChI is InChI=1S/C24H22F3N3O4/c1-33-18-9-3-15(4-10-18)12-29-14-28-19-11-20(23(32)34-2)30(13-21(19)29)22(31)16-5-7-17(8-6-16)24(25,26)27/h3-10,14,20H,11-13H2,1-2H3. The van der Waals surface area contributed by atoms with E-state index < -0.39 is 29.7 Å². The number of halogens is 3. The SMILES string of the molecule is COC(=O)C1Cc2ncn(Cc3ccc(OC)cc3)c2CN1C(=O)c1ccc(C(F)(F)F)cc1. The van der Waals surface area contributed by atoms with Gasteiger partial charge in [-0.05, 0) is 42.0 Å². The van der Waals surface area contributed by atoms with Gasteiger partial charge in [0, 0.05) is 18.5 Å². The summed E-state index contributed by atoms with van der Waals surface area (Å²) in [5, 5.41) is 0. The number of rotatable bonds is 5. The Bertz CT molecular complexity index is 1190. The fourth-order valence-electron chi connectivity index (χ4n) is 3.96. The van der Waals surface area contributed by atoms with Gasteiger partial charge >= 0.3 is 12.1 Å². The van der Waals surface area contributed by atoms with Crippen LogP contribution in [0.3, 0.4) is 0 Å². The average molecular weight is 473 g/mol. The van der Waals surface area contributed by atoms with Crippen LogP contribution in [-0.2, 0) is 35.2 Å². The Hall–Kier alpha value is -3.82. The Morgan fingerprint density at radius 2 is 1.74 bits per heavy atom. The van der Waals surface area contributed by atoms with E-state index in [-0.39, 0.29) is 18.5 Å². The average Bonchev–Trinajstić information content (AvgIpc) is 3.23. The minimum Gasteiger partial charge on any atom is -0.497 e. The van der Waals surface area contributed by atoms with Crippen molar-refractivity contribution in [3.8, 4) is 5.75 Å². The lowest BCUT2D eigenvalue weighted by molar-refractivity contribution is -0.146. The number of hydrogen-bond donors (Lipinski definition) is 0. The van der Waals surface area contributed by atoms with Crippen LogP contribution in [0, 0.1) is 0 Å². The normalized spacial score (nSPS) is 15.6. The highest BCUT2D eigenvalue weighted by Gasteiger charge is 2.38. The summed E-state index contributed by atoms with van der Waals surface area (Å²) in [6.07, 6.45) is -2.72. The van der Waals surface area contributed by atoms with Crippen LogP contribution in [0.15, 0.2) is 54.9 Å². The van der Waals surface area contributed by atoms with E-state index in [2.05, 4.69) is 4.98 Å². The molecule has 0 aliphatic carbocycles. The second kappa shape index (κ2) is 9.20. The summed E-state index contributed by atoms with van der Waals surface area (Å²) in [5.74, 6) is -0.451. The maximum Gasteiger partial charge on any atom is 0.416 e. The molecule has 4 rings (SSSR count). The molecule has 0 N–H and O–H groups in total. The van der Waals surface area contributed by atoms with E-state index in [0.717, 1.165) is 41.3 Å². The Kier molecular flexibility index (Phi) is 6.32. The van der Waals surface area contributed by atoms with Crippen molar-refractivity contribution < 1.29 is 32.2 Å². The van der Waals surface area contributed by atoms with Gasteiger partial charge in [0.1, 0.15) is 11.8 Å². The third-order valence-corrected chi connectivity index (χ3v) is 5.82. The largest absolute Gasteiger partial charge is 0.497 e. The first-order chi connectivity index (χ1) is 16.2. The van der Waals surface area contributed by atoms with Gasteiger partial charge in [0.15, 0.2) is 0 Å². The molecule has 2 heterocycles. The predicted molar refractivity (Wildman–Crippen MR) is 115 cm³/mol. The molecule has 0 fully saturated rings. The van der Waals surface area contributed by atoms with Crippen LogP contribution in [-0.4, -0.2) is 46.6 Å². The third kappa shape index (κ3) is 4.61. The highest BCUT2D eigenvalue weighted by Crippen LogP contribution is 2.30. The number of aromatic nitrogens is 2. The maximum atomic E-state index is 13.3. The van der Waals surface area contributed by atoms with E-state index in [1.54, 1.807) is 13.4 Å². The highest BCUT2D eigenvalue weighted by atomic mass is 19.4. The first-order valence-electron chi connectivity index (χ1n) is 10.4. The lowest BCUT2D eigenvalue weighted by atomic mass is 10.0. The molecule has 10 heteroatoms. The van der Waals surface area contributed by atoms with Crippen molar-refractivity contribution in [2.24, 2.45) is 0 Å². The summed E-state index contributed by atoms with van der Waals surface area (Å²) in [6.45, 7) is 0.544. The summed E-state index contributed by atoms with van der Waals surface area (Å²) in [4.78, 5) is 31.5. The molecule has 0 radical (unpaired) electrons. The van der Waals surface area contributed by atoms with Crippen molar-refractivity contribution in [3.63, 3.8) is 0 Å². The maximum absolute atomic E-state index is 13.3. The Balaban J connectivity index is 1.62. The first-order valence-corrected chi connectivity index (χ1v) is 10.4. The molecule has 1 aliphatic rings. The number of hydrogen-bond acceptors (Lipinski definition) is 5. The van der Waals surface area contributed by atoms with Crippen LogP contribution in [0.5, 0.6) is 5.75 Å². The van der Waals surface area contributed by atoms with Crippen molar-refractivity contribution in [2.75, 3.05) is 14.2 Å². The fourth-order valence-corrected chi connectivity index (χ4v) is 3.96. The monoisotopic (exact) mass is 473 g/mol. The molecule has 178 valence electrons. The zero-order valence-corrected chi connectivity index (χ0v) is 18.5. The van der Waals surface area contributed by atoms with E-state index in [0.29, 0.717) is 12.2 Å². The smallest absolute Gasteiger partial charge is 0.416 e. The number of alkyl halides is 3. The van der Waals surface area contributed by atoms with Gasteiger partial charge in [-0.3, -0.25) is 4.79 Å². The Morgan fingerprint density at radius 1 is 1.06 bits per heavy atom. The van der Waals surface area contributed by atoms with E-state index in [1.807, 2.05) is 28.8 Å². The molecule has 1 aromatic heterocycles. The molecule has 1 unspecified atom stereocenters. The van der Waals surface area contributed by atoms with Crippen LogP contribution in [0.2, 0.25) is 0 Å².